The molecule has 0 aromatic heterocycles. The molecule has 0 spiro atoms. The van der Waals surface area contributed by atoms with Crippen LogP contribution in [0.2, 0.25) is 0 Å². The Morgan fingerprint density at radius 2 is 1.67 bits per heavy atom. The maximum absolute atomic E-state index is 12.8. The van der Waals surface area contributed by atoms with Crippen LogP contribution < -0.4 is 0 Å². The van der Waals surface area contributed by atoms with Crippen LogP contribution in [0.5, 0.6) is 0 Å². The van der Waals surface area contributed by atoms with E-state index in [-0.39, 0.29) is 11.5 Å². The summed E-state index contributed by atoms with van der Waals surface area (Å²) in [6, 6.07) is 9.45. The van der Waals surface area contributed by atoms with Crippen molar-refractivity contribution >= 4 is 11.5 Å². The van der Waals surface area contributed by atoms with Gasteiger partial charge in [0.15, 0.2) is 11.5 Å². The molecule has 0 saturated heterocycles. The van der Waals surface area contributed by atoms with E-state index in [2.05, 4.69) is 4.85 Å². The predicted octanol–water partition coefficient (Wildman–Crippen LogP) is 5.13. The summed E-state index contributed by atoms with van der Waals surface area (Å²) in [4.78, 5) is 14.3. The lowest BCUT2D eigenvalue weighted by molar-refractivity contribution is -0.137. The number of hydrogen-bond donors (Lipinski definition) is 0. The summed E-state index contributed by atoms with van der Waals surface area (Å²) in [5, 5.41) is 0. The van der Waals surface area contributed by atoms with E-state index in [0.29, 0.717) is 16.7 Å². The van der Waals surface area contributed by atoms with E-state index in [4.69, 9.17) is 6.57 Å². The van der Waals surface area contributed by atoms with E-state index in [0.717, 1.165) is 12.1 Å². The average molecular weight is 289 g/mol. The average Bonchev–Trinajstić information content (AvgIpc) is 2.46. The lowest BCUT2D eigenvalue weighted by Crippen LogP contribution is -2.04. The highest BCUT2D eigenvalue weighted by Gasteiger charge is 2.31. The van der Waals surface area contributed by atoms with Crippen LogP contribution in [0.25, 0.3) is 16.0 Å². The predicted molar refractivity (Wildman–Crippen MR) is 73.1 cm³/mol. The minimum absolute atomic E-state index is 0.0736. The van der Waals surface area contributed by atoms with E-state index in [9.17, 15) is 18.0 Å². The maximum Gasteiger partial charge on any atom is 0.415 e. The highest BCUT2D eigenvalue weighted by atomic mass is 19.4. The van der Waals surface area contributed by atoms with Gasteiger partial charge in [0.25, 0.3) is 0 Å². The van der Waals surface area contributed by atoms with Gasteiger partial charge >= 0.3 is 6.18 Å². The van der Waals surface area contributed by atoms with Gasteiger partial charge in [-0.2, -0.15) is 13.2 Å². The van der Waals surface area contributed by atoms with Crippen molar-refractivity contribution < 1.29 is 18.0 Å². The summed E-state index contributed by atoms with van der Waals surface area (Å²) in [5.74, 6) is -0.118. The SMILES string of the molecule is [C-]#[N+]c1cc(-c2ccc(C(C)=O)cc2)cc(C(F)(F)F)c1. The first-order valence-electron chi connectivity index (χ1n) is 6.02. The molecular weight excluding hydrogens is 279 g/mol. The molecule has 0 aliphatic heterocycles. The Bertz CT molecular complexity index is 725. The monoisotopic (exact) mass is 289 g/mol. The van der Waals surface area contributed by atoms with E-state index >= 15 is 0 Å². The van der Waals surface area contributed by atoms with E-state index < -0.39 is 11.7 Å². The lowest BCUT2D eigenvalue weighted by Gasteiger charge is -2.10. The molecule has 0 atom stereocenters. The molecule has 106 valence electrons. The number of ketones is 1. The molecule has 2 rings (SSSR count). The molecule has 21 heavy (non-hydrogen) atoms. The number of rotatable bonds is 2. The van der Waals surface area contributed by atoms with Gasteiger partial charge in [-0.25, -0.2) is 4.85 Å². The Hall–Kier alpha value is -2.61. The van der Waals surface area contributed by atoms with E-state index in [1.54, 1.807) is 24.3 Å². The van der Waals surface area contributed by atoms with Crippen molar-refractivity contribution in [1.29, 1.82) is 0 Å². The summed E-state index contributed by atoms with van der Waals surface area (Å²) in [5.41, 5.74) is 0.371. The summed E-state index contributed by atoms with van der Waals surface area (Å²) < 4.78 is 38.5. The summed E-state index contributed by atoms with van der Waals surface area (Å²) in [6.45, 7) is 8.32. The summed E-state index contributed by atoms with van der Waals surface area (Å²) >= 11 is 0. The zero-order valence-electron chi connectivity index (χ0n) is 11.0. The highest BCUT2D eigenvalue weighted by molar-refractivity contribution is 5.94. The lowest BCUT2D eigenvalue weighted by atomic mass is 10.00. The van der Waals surface area contributed by atoms with Crippen molar-refractivity contribution in [3.63, 3.8) is 0 Å². The molecule has 0 unspecified atom stereocenters. The van der Waals surface area contributed by atoms with Gasteiger partial charge in [0, 0.05) is 11.1 Å². The van der Waals surface area contributed by atoms with Gasteiger partial charge in [0.2, 0.25) is 0 Å². The molecular formula is C16H10F3NO. The molecule has 0 aliphatic carbocycles. The van der Waals surface area contributed by atoms with Crippen LogP contribution in [0.3, 0.4) is 0 Å². The fourth-order valence-corrected chi connectivity index (χ4v) is 1.90. The molecule has 0 heterocycles. The summed E-state index contributed by atoms with van der Waals surface area (Å²) in [6.07, 6.45) is -4.51. The Labute approximate surface area is 119 Å². The Morgan fingerprint density at radius 3 is 2.14 bits per heavy atom. The molecule has 2 nitrogen and oxygen atoms in total. The molecule has 0 aliphatic rings. The van der Waals surface area contributed by atoms with Crippen molar-refractivity contribution in [1.82, 2.24) is 0 Å². The first-order chi connectivity index (χ1) is 9.81. The van der Waals surface area contributed by atoms with Crippen LogP contribution in [0.1, 0.15) is 22.8 Å². The highest BCUT2D eigenvalue weighted by Crippen LogP contribution is 2.35. The van der Waals surface area contributed by atoms with Gasteiger partial charge in [0.05, 0.1) is 6.57 Å². The fraction of sp³-hybridized carbons (Fsp3) is 0.125. The van der Waals surface area contributed by atoms with Crippen molar-refractivity contribution in [3.8, 4) is 11.1 Å². The third kappa shape index (κ3) is 3.29. The zero-order valence-corrected chi connectivity index (χ0v) is 11.0. The van der Waals surface area contributed by atoms with E-state index in [1.165, 1.54) is 13.0 Å². The molecule has 2 aromatic rings. The van der Waals surface area contributed by atoms with Crippen LogP contribution in [0.4, 0.5) is 18.9 Å². The fourth-order valence-electron chi connectivity index (χ4n) is 1.90. The van der Waals surface area contributed by atoms with Crippen LogP contribution >= 0.6 is 0 Å². The maximum atomic E-state index is 12.8. The van der Waals surface area contributed by atoms with Crippen LogP contribution in [0.15, 0.2) is 42.5 Å². The summed E-state index contributed by atoms with van der Waals surface area (Å²) in [7, 11) is 0. The molecule has 2 aromatic carbocycles. The van der Waals surface area contributed by atoms with Gasteiger partial charge in [-0.05, 0) is 36.2 Å². The Kier molecular flexibility index (Phi) is 3.81. The van der Waals surface area contributed by atoms with Gasteiger partial charge in [-0.3, -0.25) is 4.79 Å². The van der Waals surface area contributed by atoms with Crippen molar-refractivity contribution in [2.45, 2.75) is 13.1 Å². The van der Waals surface area contributed by atoms with Gasteiger partial charge < -0.3 is 0 Å². The second kappa shape index (κ2) is 5.41. The van der Waals surface area contributed by atoms with Crippen LogP contribution in [-0.4, -0.2) is 5.78 Å². The molecule has 0 N–H and O–H groups in total. The number of halogens is 3. The number of alkyl halides is 3. The normalized spacial score (nSPS) is 11.0. The third-order valence-electron chi connectivity index (χ3n) is 3.00. The van der Waals surface area contributed by atoms with Crippen LogP contribution in [0, 0.1) is 6.57 Å². The number of carbonyl (C=O) groups is 1. The standard InChI is InChI=1S/C16H10F3NO/c1-10(21)11-3-5-12(6-4-11)13-7-14(16(17,18)19)9-15(8-13)20-2/h3-9H,1H3. The largest absolute Gasteiger partial charge is 0.415 e. The van der Waals surface area contributed by atoms with E-state index in [1.807, 2.05) is 0 Å². The molecule has 0 radical (unpaired) electrons. The number of nitrogens with zero attached hydrogens (tertiary/aromatic N) is 1. The number of benzene rings is 2. The Balaban J connectivity index is 2.53. The van der Waals surface area contributed by atoms with Gasteiger partial charge in [-0.15, -0.1) is 0 Å². The van der Waals surface area contributed by atoms with Crippen molar-refractivity contribution in [2.75, 3.05) is 0 Å². The minimum Gasteiger partial charge on any atom is -0.295 e. The second-order valence-electron chi connectivity index (χ2n) is 4.51. The van der Waals surface area contributed by atoms with Crippen LogP contribution in [-0.2, 0) is 6.18 Å². The first kappa shape index (κ1) is 14.8. The van der Waals surface area contributed by atoms with Gasteiger partial charge in [0.1, 0.15) is 0 Å². The quantitative estimate of drug-likeness (QED) is 0.555. The smallest absolute Gasteiger partial charge is 0.295 e. The number of hydrogen-bond acceptors (Lipinski definition) is 1. The van der Waals surface area contributed by atoms with Crippen molar-refractivity contribution in [2.24, 2.45) is 0 Å². The number of carbonyl (C=O) groups excluding carboxylic acids is 1. The molecule has 0 amide bonds. The topological polar surface area (TPSA) is 21.4 Å². The molecule has 0 fully saturated rings. The number of Topliss-reactive ketones (excluding diaryl/α,β-unsaturated/α-hetero) is 1. The first-order valence-corrected chi connectivity index (χ1v) is 6.02. The van der Waals surface area contributed by atoms with Gasteiger partial charge in [-0.1, -0.05) is 24.3 Å². The zero-order chi connectivity index (χ0) is 15.6. The second-order valence-corrected chi connectivity index (χ2v) is 4.51. The Morgan fingerprint density at radius 1 is 1.05 bits per heavy atom. The molecule has 0 bridgehead atoms. The van der Waals surface area contributed by atoms with Crippen molar-refractivity contribution in [3.05, 3.63) is 65.0 Å². The molecule has 0 saturated carbocycles. The third-order valence-corrected chi connectivity index (χ3v) is 3.00. The molecule has 5 heteroatoms. The minimum atomic E-state index is -4.51.